The smallest absolute Gasteiger partial charge is 0.254 e. The number of hydrogen-bond donors (Lipinski definition) is 0. The number of aromatic nitrogens is 3. The summed E-state index contributed by atoms with van der Waals surface area (Å²) in [6.45, 7) is 3.51. The summed E-state index contributed by atoms with van der Waals surface area (Å²) in [4.78, 5) is 17.0. The lowest BCUT2D eigenvalue weighted by Crippen LogP contribution is -2.50. The molecule has 2 fully saturated rings. The molecule has 1 aromatic heterocycles. The van der Waals surface area contributed by atoms with Gasteiger partial charge in [0.2, 0.25) is 0 Å². The third-order valence-electron chi connectivity index (χ3n) is 6.17. The lowest BCUT2D eigenvalue weighted by Gasteiger charge is -2.38. The number of nitrogens with zero attached hydrogens (tertiary/aromatic N) is 5. The fourth-order valence-corrected chi connectivity index (χ4v) is 4.17. The summed E-state index contributed by atoms with van der Waals surface area (Å²) in [5.41, 5.74) is 2.62. The molecule has 1 atom stereocenters. The van der Waals surface area contributed by atoms with E-state index in [1.165, 1.54) is 0 Å². The number of para-hydroxylation sites is 1. The van der Waals surface area contributed by atoms with Gasteiger partial charge in [0.1, 0.15) is 18.1 Å². The highest BCUT2D eigenvalue weighted by Gasteiger charge is 2.33. The first kappa shape index (κ1) is 20.5. The monoisotopic (exact) mass is 433 g/mol. The zero-order valence-electron chi connectivity index (χ0n) is 18.1. The average molecular weight is 434 g/mol. The number of anilines is 1. The average Bonchev–Trinajstić information content (AvgIpc) is 3.47. The van der Waals surface area contributed by atoms with E-state index in [0.717, 1.165) is 36.6 Å². The summed E-state index contributed by atoms with van der Waals surface area (Å²) in [6.07, 6.45) is 3.22. The molecule has 2 saturated heterocycles. The molecule has 2 aliphatic rings. The molecule has 2 aliphatic heterocycles. The third-order valence-corrected chi connectivity index (χ3v) is 6.17. The van der Waals surface area contributed by atoms with E-state index in [2.05, 4.69) is 15.2 Å². The summed E-state index contributed by atoms with van der Waals surface area (Å²) in [5, 5.41) is 8.41. The zero-order valence-corrected chi connectivity index (χ0v) is 18.1. The van der Waals surface area contributed by atoms with Crippen molar-refractivity contribution in [3.8, 4) is 5.75 Å². The van der Waals surface area contributed by atoms with Crippen LogP contribution in [0.1, 0.15) is 28.5 Å². The van der Waals surface area contributed by atoms with E-state index in [1.54, 1.807) is 7.11 Å². The van der Waals surface area contributed by atoms with Crippen LogP contribution in [0.2, 0.25) is 0 Å². The van der Waals surface area contributed by atoms with Crippen LogP contribution in [-0.2, 0) is 11.3 Å². The van der Waals surface area contributed by atoms with Crippen molar-refractivity contribution in [1.82, 2.24) is 19.9 Å². The number of hydrogen-bond acceptors (Lipinski definition) is 6. The largest absolute Gasteiger partial charge is 0.487 e. The first-order valence-corrected chi connectivity index (χ1v) is 11.0. The van der Waals surface area contributed by atoms with E-state index >= 15 is 0 Å². The summed E-state index contributed by atoms with van der Waals surface area (Å²) >= 11 is 0. The van der Waals surface area contributed by atoms with E-state index in [9.17, 15) is 4.79 Å². The Kier molecular flexibility index (Phi) is 5.77. The van der Waals surface area contributed by atoms with Crippen molar-refractivity contribution < 1.29 is 14.3 Å². The van der Waals surface area contributed by atoms with Gasteiger partial charge in [0.15, 0.2) is 0 Å². The van der Waals surface area contributed by atoms with Gasteiger partial charge < -0.3 is 19.3 Å². The predicted octanol–water partition coefficient (Wildman–Crippen LogP) is 2.78. The van der Waals surface area contributed by atoms with Crippen LogP contribution in [0, 0.1) is 0 Å². The first-order chi connectivity index (χ1) is 15.7. The summed E-state index contributed by atoms with van der Waals surface area (Å²) < 4.78 is 13.0. The normalized spacial score (nSPS) is 18.6. The molecule has 0 radical (unpaired) electrons. The molecule has 0 N–H and O–H groups in total. The Bertz CT molecular complexity index is 1050. The summed E-state index contributed by atoms with van der Waals surface area (Å²) in [7, 11) is 1.76. The SMILES string of the molecule is COC1CCN(c2ccc(C(=O)N3CC(n4cc(COc5ccccc5)nn4)C3)cc2)C1. The minimum absolute atomic E-state index is 0.0525. The van der Waals surface area contributed by atoms with Crippen molar-refractivity contribution in [3.05, 3.63) is 72.1 Å². The molecule has 32 heavy (non-hydrogen) atoms. The van der Waals surface area contributed by atoms with Crippen LogP contribution < -0.4 is 9.64 Å². The number of ether oxygens (including phenoxy) is 2. The molecule has 2 aromatic carbocycles. The Hall–Kier alpha value is -3.39. The zero-order chi connectivity index (χ0) is 21.9. The molecule has 3 aromatic rings. The van der Waals surface area contributed by atoms with Crippen molar-refractivity contribution in [2.45, 2.75) is 25.2 Å². The van der Waals surface area contributed by atoms with Crippen molar-refractivity contribution in [3.63, 3.8) is 0 Å². The molecule has 0 saturated carbocycles. The van der Waals surface area contributed by atoms with Gasteiger partial charge in [0, 0.05) is 44.5 Å². The van der Waals surface area contributed by atoms with Gasteiger partial charge in [0.05, 0.1) is 18.3 Å². The van der Waals surface area contributed by atoms with Crippen LogP contribution in [0.3, 0.4) is 0 Å². The fourth-order valence-electron chi connectivity index (χ4n) is 4.17. The second-order valence-corrected chi connectivity index (χ2v) is 8.29. The topological polar surface area (TPSA) is 72.7 Å². The minimum atomic E-state index is 0.0525. The highest BCUT2D eigenvalue weighted by Crippen LogP contribution is 2.25. The molecule has 1 unspecified atom stereocenters. The molecular formula is C24H27N5O3. The van der Waals surface area contributed by atoms with Crippen LogP contribution in [0.4, 0.5) is 5.69 Å². The number of carbonyl (C=O) groups is 1. The van der Waals surface area contributed by atoms with Crippen LogP contribution in [0.5, 0.6) is 5.75 Å². The molecule has 0 bridgehead atoms. The Labute approximate surface area is 187 Å². The van der Waals surface area contributed by atoms with Gasteiger partial charge >= 0.3 is 0 Å². The molecule has 1 amide bonds. The van der Waals surface area contributed by atoms with Crippen molar-refractivity contribution in [1.29, 1.82) is 0 Å². The first-order valence-electron chi connectivity index (χ1n) is 11.0. The van der Waals surface area contributed by atoms with Crippen LogP contribution in [0.15, 0.2) is 60.8 Å². The lowest BCUT2D eigenvalue weighted by molar-refractivity contribution is 0.0498. The van der Waals surface area contributed by atoms with E-state index < -0.39 is 0 Å². The minimum Gasteiger partial charge on any atom is -0.487 e. The molecule has 8 heteroatoms. The molecule has 166 valence electrons. The number of carbonyl (C=O) groups excluding carboxylic acids is 1. The molecule has 5 rings (SSSR count). The maximum atomic E-state index is 12.8. The van der Waals surface area contributed by atoms with E-state index in [4.69, 9.17) is 9.47 Å². The predicted molar refractivity (Wildman–Crippen MR) is 120 cm³/mol. The number of likely N-dealkylation sites (tertiary alicyclic amines) is 1. The van der Waals surface area contributed by atoms with Gasteiger partial charge in [-0.2, -0.15) is 0 Å². The van der Waals surface area contributed by atoms with Gasteiger partial charge in [-0.15, -0.1) is 5.10 Å². The lowest BCUT2D eigenvalue weighted by atomic mass is 10.1. The Morgan fingerprint density at radius 3 is 2.56 bits per heavy atom. The van der Waals surface area contributed by atoms with Gasteiger partial charge in [-0.1, -0.05) is 23.4 Å². The Morgan fingerprint density at radius 1 is 1.06 bits per heavy atom. The maximum absolute atomic E-state index is 12.8. The molecule has 3 heterocycles. The number of rotatable bonds is 7. The molecule has 0 spiro atoms. The number of amides is 1. The van der Waals surface area contributed by atoms with Crippen LogP contribution >= 0.6 is 0 Å². The molecular weight excluding hydrogens is 406 g/mol. The third kappa shape index (κ3) is 4.31. The van der Waals surface area contributed by atoms with Gasteiger partial charge in [-0.05, 0) is 42.8 Å². The Morgan fingerprint density at radius 2 is 1.84 bits per heavy atom. The van der Waals surface area contributed by atoms with Crippen molar-refractivity contribution >= 4 is 11.6 Å². The standard InChI is InChI=1S/C24H27N5O3/c1-31-23-11-12-27(16-23)20-9-7-18(8-10-20)24(30)28-14-21(15-28)29-13-19(25-26-29)17-32-22-5-3-2-4-6-22/h2-10,13,21,23H,11-12,14-17H2,1H3. The van der Waals surface area contributed by atoms with E-state index in [-0.39, 0.29) is 18.1 Å². The highest BCUT2D eigenvalue weighted by atomic mass is 16.5. The number of methoxy groups -OCH3 is 1. The van der Waals surface area contributed by atoms with Crippen LogP contribution in [0.25, 0.3) is 0 Å². The quantitative estimate of drug-likeness (QED) is 0.571. The molecule has 8 nitrogen and oxygen atoms in total. The second-order valence-electron chi connectivity index (χ2n) is 8.29. The molecule has 0 aliphatic carbocycles. The second kappa shape index (κ2) is 9.00. The van der Waals surface area contributed by atoms with Crippen molar-refractivity contribution in [2.75, 3.05) is 38.2 Å². The summed E-state index contributed by atoms with van der Waals surface area (Å²) in [6, 6.07) is 17.7. The highest BCUT2D eigenvalue weighted by molar-refractivity contribution is 5.95. The Balaban J connectivity index is 1.12. The van der Waals surface area contributed by atoms with Crippen LogP contribution in [-0.4, -0.2) is 65.2 Å². The van der Waals surface area contributed by atoms with Crippen molar-refractivity contribution in [2.24, 2.45) is 0 Å². The fraction of sp³-hybridized carbons (Fsp3) is 0.375. The summed E-state index contributed by atoms with van der Waals surface area (Å²) in [5.74, 6) is 0.855. The van der Waals surface area contributed by atoms with Gasteiger partial charge in [0.25, 0.3) is 5.91 Å². The van der Waals surface area contributed by atoms with Gasteiger partial charge in [-0.25, -0.2) is 4.68 Å². The van der Waals surface area contributed by atoms with E-state index in [0.29, 0.717) is 25.3 Å². The number of benzene rings is 2. The van der Waals surface area contributed by atoms with E-state index in [1.807, 2.05) is 70.4 Å². The van der Waals surface area contributed by atoms with Gasteiger partial charge in [-0.3, -0.25) is 4.79 Å². The maximum Gasteiger partial charge on any atom is 0.254 e.